The normalized spacial score (nSPS) is 16.4. The molecule has 10 heteroatoms. The van der Waals surface area contributed by atoms with Crippen LogP contribution in [0, 0.1) is 0 Å². The Hall–Kier alpha value is -3.24. The van der Waals surface area contributed by atoms with Crippen molar-refractivity contribution in [3.05, 3.63) is 58.1 Å². The Balaban J connectivity index is 1.51. The van der Waals surface area contributed by atoms with Gasteiger partial charge in [0.15, 0.2) is 0 Å². The van der Waals surface area contributed by atoms with Gasteiger partial charge in [0.1, 0.15) is 23.1 Å². The van der Waals surface area contributed by atoms with Crippen molar-refractivity contribution in [1.82, 2.24) is 23.8 Å². The van der Waals surface area contributed by atoms with Gasteiger partial charge in [-0.2, -0.15) is 0 Å². The number of fused-ring (bicyclic) bond motifs is 2. The first kappa shape index (κ1) is 19.7. The number of hydrogen-bond acceptors (Lipinski definition) is 7. The third kappa shape index (κ3) is 3.57. The fourth-order valence-electron chi connectivity index (χ4n) is 3.92. The van der Waals surface area contributed by atoms with Gasteiger partial charge in [-0.1, -0.05) is 17.4 Å². The lowest BCUT2D eigenvalue weighted by molar-refractivity contribution is 0.0759. The summed E-state index contributed by atoms with van der Waals surface area (Å²) < 4.78 is 14.4. The first-order valence-corrected chi connectivity index (χ1v) is 10.9. The lowest BCUT2D eigenvalue weighted by Gasteiger charge is -2.18. The number of methoxy groups -OCH3 is 1. The highest BCUT2D eigenvalue weighted by atomic mass is 32.1. The molecular formula is C21H21N5O4S. The number of carbonyl (C=O) groups is 1. The highest BCUT2D eigenvalue weighted by molar-refractivity contribution is 7.11. The number of aromatic nitrogens is 4. The SMILES string of the molecule is COCCn1c(C(=O)N2CCC(Oc3nccs3)C2)cc2c(=O)n3ccccc3nc21. The van der Waals surface area contributed by atoms with E-state index in [1.165, 1.54) is 15.7 Å². The second kappa shape index (κ2) is 8.12. The maximum atomic E-state index is 13.4. The summed E-state index contributed by atoms with van der Waals surface area (Å²) in [5.41, 5.74) is 1.26. The van der Waals surface area contributed by atoms with Crippen LogP contribution in [0.15, 0.2) is 46.8 Å². The van der Waals surface area contributed by atoms with Crippen LogP contribution in [0.4, 0.5) is 0 Å². The minimum atomic E-state index is -0.197. The molecule has 0 bridgehead atoms. The van der Waals surface area contributed by atoms with E-state index in [2.05, 4.69) is 9.97 Å². The molecule has 5 heterocycles. The summed E-state index contributed by atoms with van der Waals surface area (Å²) in [7, 11) is 1.60. The number of amides is 1. The molecule has 4 aromatic rings. The maximum Gasteiger partial charge on any atom is 0.273 e. The molecule has 4 aromatic heterocycles. The molecule has 0 radical (unpaired) electrons. The van der Waals surface area contributed by atoms with E-state index in [1.807, 2.05) is 11.4 Å². The largest absolute Gasteiger partial charge is 0.465 e. The molecule has 1 atom stereocenters. The number of carbonyl (C=O) groups excluding carboxylic acids is 1. The number of likely N-dealkylation sites (tertiary alicyclic amines) is 1. The highest BCUT2D eigenvalue weighted by Crippen LogP contribution is 2.23. The van der Waals surface area contributed by atoms with Crippen LogP contribution in [0.3, 0.4) is 0 Å². The van der Waals surface area contributed by atoms with Crippen molar-refractivity contribution < 1.29 is 14.3 Å². The molecule has 0 spiro atoms. The zero-order chi connectivity index (χ0) is 21.4. The first-order chi connectivity index (χ1) is 15.2. The molecule has 160 valence electrons. The second-order valence-corrected chi connectivity index (χ2v) is 8.19. The Morgan fingerprint density at radius 3 is 3.06 bits per heavy atom. The second-order valence-electron chi connectivity index (χ2n) is 7.33. The number of rotatable bonds is 6. The van der Waals surface area contributed by atoms with E-state index in [9.17, 15) is 9.59 Å². The Kier molecular flexibility index (Phi) is 5.16. The highest BCUT2D eigenvalue weighted by Gasteiger charge is 2.31. The van der Waals surface area contributed by atoms with Crippen LogP contribution in [-0.2, 0) is 11.3 Å². The van der Waals surface area contributed by atoms with Gasteiger partial charge >= 0.3 is 0 Å². The van der Waals surface area contributed by atoms with Crippen LogP contribution in [0.25, 0.3) is 16.7 Å². The van der Waals surface area contributed by atoms with Crippen LogP contribution in [0.2, 0.25) is 0 Å². The monoisotopic (exact) mass is 439 g/mol. The van der Waals surface area contributed by atoms with Crippen molar-refractivity contribution in [1.29, 1.82) is 0 Å². The topological polar surface area (TPSA) is 91.0 Å². The molecule has 5 rings (SSSR count). The van der Waals surface area contributed by atoms with E-state index >= 15 is 0 Å². The van der Waals surface area contributed by atoms with Gasteiger partial charge in [0.05, 0.1) is 18.5 Å². The summed E-state index contributed by atoms with van der Waals surface area (Å²) in [6, 6.07) is 7.03. The average Bonchev–Trinajstić information content (AvgIpc) is 3.53. The standard InChI is InChI=1S/C21H21N5O4S/c1-29-10-9-25-16(12-15-18(25)23-17-4-2-3-7-26(17)19(15)27)20(28)24-8-5-14(13-24)30-21-22-6-11-31-21/h2-4,6-7,11-12,14H,5,8-10,13H2,1H3. The lowest BCUT2D eigenvalue weighted by atomic mass is 10.3. The molecule has 1 unspecified atom stereocenters. The van der Waals surface area contributed by atoms with E-state index in [-0.39, 0.29) is 17.6 Å². The third-order valence-corrected chi connectivity index (χ3v) is 6.09. The smallest absolute Gasteiger partial charge is 0.273 e. The van der Waals surface area contributed by atoms with Gasteiger partial charge in [-0.05, 0) is 18.2 Å². The Morgan fingerprint density at radius 2 is 2.26 bits per heavy atom. The van der Waals surface area contributed by atoms with Gasteiger partial charge in [-0.25, -0.2) is 9.97 Å². The van der Waals surface area contributed by atoms with E-state index < -0.39 is 0 Å². The van der Waals surface area contributed by atoms with Gasteiger partial charge < -0.3 is 18.9 Å². The van der Waals surface area contributed by atoms with Crippen molar-refractivity contribution in [2.45, 2.75) is 19.1 Å². The maximum absolute atomic E-state index is 13.4. The summed E-state index contributed by atoms with van der Waals surface area (Å²) in [5, 5.41) is 2.88. The van der Waals surface area contributed by atoms with Gasteiger partial charge in [0.2, 0.25) is 0 Å². The number of ether oxygens (including phenoxy) is 2. The molecule has 1 aliphatic rings. The molecule has 1 amide bonds. The van der Waals surface area contributed by atoms with E-state index in [0.29, 0.717) is 53.8 Å². The molecule has 1 fully saturated rings. The minimum absolute atomic E-state index is 0.0989. The fraction of sp³-hybridized carbons (Fsp3) is 0.333. The van der Waals surface area contributed by atoms with E-state index in [4.69, 9.17) is 9.47 Å². The van der Waals surface area contributed by atoms with Crippen molar-refractivity contribution in [3.63, 3.8) is 0 Å². The van der Waals surface area contributed by atoms with Crippen LogP contribution in [0.5, 0.6) is 5.19 Å². The summed E-state index contributed by atoms with van der Waals surface area (Å²) in [6.07, 6.45) is 4.01. The predicted octanol–water partition coefficient (Wildman–Crippen LogP) is 2.05. The minimum Gasteiger partial charge on any atom is -0.465 e. The molecule has 0 saturated carbocycles. The van der Waals surface area contributed by atoms with Gasteiger partial charge in [-0.15, -0.1) is 0 Å². The molecule has 1 saturated heterocycles. The fourth-order valence-corrected chi connectivity index (χ4v) is 4.47. The summed E-state index contributed by atoms with van der Waals surface area (Å²) in [5.74, 6) is -0.146. The number of pyridine rings is 1. The molecular weight excluding hydrogens is 418 g/mol. The van der Waals surface area contributed by atoms with Crippen molar-refractivity contribution in [2.24, 2.45) is 0 Å². The van der Waals surface area contributed by atoms with Crippen LogP contribution in [0.1, 0.15) is 16.9 Å². The zero-order valence-electron chi connectivity index (χ0n) is 16.9. The molecule has 0 N–H and O–H groups in total. The van der Waals surface area contributed by atoms with E-state index in [0.717, 1.165) is 6.42 Å². The zero-order valence-corrected chi connectivity index (χ0v) is 17.7. The third-order valence-electron chi connectivity index (χ3n) is 5.42. The van der Waals surface area contributed by atoms with Crippen LogP contribution in [-0.4, -0.2) is 62.7 Å². The summed E-state index contributed by atoms with van der Waals surface area (Å²) in [4.78, 5) is 37.0. The Morgan fingerprint density at radius 1 is 1.35 bits per heavy atom. The van der Waals surface area contributed by atoms with Gasteiger partial charge in [-0.3, -0.25) is 14.0 Å². The molecule has 9 nitrogen and oxygen atoms in total. The summed E-state index contributed by atoms with van der Waals surface area (Å²) >= 11 is 1.43. The van der Waals surface area contributed by atoms with E-state index in [1.54, 1.807) is 47.2 Å². The number of thiazole rings is 1. The first-order valence-electron chi connectivity index (χ1n) is 10.0. The van der Waals surface area contributed by atoms with Crippen LogP contribution < -0.4 is 10.3 Å². The Bertz CT molecular complexity index is 1300. The van der Waals surface area contributed by atoms with Crippen molar-refractivity contribution >= 4 is 33.9 Å². The predicted molar refractivity (Wildman–Crippen MR) is 116 cm³/mol. The molecule has 1 aliphatic heterocycles. The number of hydrogen-bond donors (Lipinski definition) is 0. The number of nitrogens with zero attached hydrogens (tertiary/aromatic N) is 5. The van der Waals surface area contributed by atoms with Crippen molar-refractivity contribution in [2.75, 3.05) is 26.8 Å². The molecule has 0 aromatic carbocycles. The quantitative estimate of drug-likeness (QED) is 0.457. The Labute approximate surface area is 181 Å². The lowest BCUT2D eigenvalue weighted by Crippen LogP contribution is -2.32. The van der Waals surface area contributed by atoms with Crippen LogP contribution >= 0.6 is 11.3 Å². The summed E-state index contributed by atoms with van der Waals surface area (Å²) in [6.45, 7) is 1.87. The van der Waals surface area contributed by atoms with Gasteiger partial charge in [0.25, 0.3) is 16.7 Å². The molecule has 31 heavy (non-hydrogen) atoms. The van der Waals surface area contributed by atoms with Crippen molar-refractivity contribution in [3.8, 4) is 5.19 Å². The molecule has 0 aliphatic carbocycles. The average molecular weight is 439 g/mol. The van der Waals surface area contributed by atoms with Gasteiger partial charge in [0, 0.05) is 44.4 Å².